The number of carboxylic acids is 1. The van der Waals surface area contributed by atoms with Crippen molar-refractivity contribution in [3.63, 3.8) is 0 Å². The van der Waals surface area contributed by atoms with Crippen molar-refractivity contribution in [3.05, 3.63) is 51.7 Å². The molecule has 1 unspecified atom stereocenters. The number of carbonyl (C=O) groups is 1. The van der Waals surface area contributed by atoms with Gasteiger partial charge in [0.15, 0.2) is 6.10 Å². The molecule has 3 aromatic rings. The van der Waals surface area contributed by atoms with Crippen molar-refractivity contribution in [1.82, 2.24) is 0 Å². The van der Waals surface area contributed by atoms with Gasteiger partial charge in [-0.1, -0.05) is 12.1 Å². The van der Waals surface area contributed by atoms with Crippen LogP contribution in [0.4, 0.5) is 0 Å². The van der Waals surface area contributed by atoms with Gasteiger partial charge in [0.1, 0.15) is 16.9 Å². The Morgan fingerprint density at radius 1 is 1.27 bits per heavy atom. The fourth-order valence-corrected chi connectivity index (χ4v) is 2.99. The molecule has 0 radical (unpaired) electrons. The molecular formula is C17H12O5. The van der Waals surface area contributed by atoms with E-state index in [0.717, 1.165) is 5.56 Å². The molecule has 0 bridgehead atoms. The van der Waals surface area contributed by atoms with Crippen LogP contribution in [0.2, 0.25) is 0 Å². The van der Waals surface area contributed by atoms with E-state index in [4.69, 9.17) is 14.3 Å². The number of hydrogen-bond acceptors (Lipinski definition) is 4. The maximum atomic E-state index is 12.6. The standard InChI is InChI=1S/C17H12O5/c1-8-6-10-14(18)9-4-2-3-5-12(9)21-16(10)11-7-13(17(19)20)22-15(8)11/h2-6,13H,7H2,1H3,(H,19,20). The fourth-order valence-electron chi connectivity index (χ4n) is 2.99. The van der Waals surface area contributed by atoms with Gasteiger partial charge in [-0.15, -0.1) is 0 Å². The second kappa shape index (κ2) is 4.34. The molecule has 22 heavy (non-hydrogen) atoms. The highest BCUT2D eigenvalue weighted by Gasteiger charge is 2.33. The van der Waals surface area contributed by atoms with Crippen LogP contribution in [0.5, 0.6) is 5.75 Å². The summed E-state index contributed by atoms with van der Waals surface area (Å²) in [6.07, 6.45) is -0.736. The average molecular weight is 296 g/mol. The Labute approximate surface area is 124 Å². The Morgan fingerprint density at radius 2 is 2.05 bits per heavy atom. The first-order valence-corrected chi connectivity index (χ1v) is 6.94. The van der Waals surface area contributed by atoms with Crippen molar-refractivity contribution < 1.29 is 19.1 Å². The Morgan fingerprint density at radius 3 is 2.82 bits per heavy atom. The first-order valence-electron chi connectivity index (χ1n) is 6.94. The van der Waals surface area contributed by atoms with Crippen LogP contribution in [0.15, 0.2) is 39.5 Å². The van der Waals surface area contributed by atoms with Crippen molar-refractivity contribution in [2.24, 2.45) is 0 Å². The summed E-state index contributed by atoms with van der Waals surface area (Å²) < 4.78 is 11.4. The molecule has 1 atom stereocenters. The smallest absolute Gasteiger partial charge is 0.345 e. The number of carboxylic acid groups (broad SMARTS) is 1. The topological polar surface area (TPSA) is 76.7 Å². The number of fused-ring (bicyclic) bond motifs is 4. The number of rotatable bonds is 1. The summed E-state index contributed by atoms with van der Waals surface area (Å²) >= 11 is 0. The van der Waals surface area contributed by atoms with Crippen molar-refractivity contribution in [3.8, 4) is 5.75 Å². The van der Waals surface area contributed by atoms with Crippen molar-refractivity contribution in [1.29, 1.82) is 0 Å². The van der Waals surface area contributed by atoms with Crippen LogP contribution in [-0.4, -0.2) is 17.2 Å². The molecule has 2 aromatic carbocycles. The van der Waals surface area contributed by atoms with Crippen molar-refractivity contribution >= 4 is 27.9 Å². The molecule has 0 aliphatic carbocycles. The molecule has 0 fully saturated rings. The monoisotopic (exact) mass is 296 g/mol. The first-order chi connectivity index (χ1) is 10.6. The largest absolute Gasteiger partial charge is 0.478 e. The van der Waals surface area contributed by atoms with Gasteiger partial charge in [-0.2, -0.15) is 0 Å². The normalized spacial score (nSPS) is 16.7. The number of aryl methyl sites for hydroxylation is 1. The first kappa shape index (κ1) is 12.9. The molecule has 1 aromatic heterocycles. The van der Waals surface area contributed by atoms with Gasteiger partial charge in [0, 0.05) is 12.0 Å². The van der Waals surface area contributed by atoms with Gasteiger partial charge in [0.2, 0.25) is 5.43 Å². The third-order valence-electron chi connectivity index (χ3n) is 4.03. The molecule has 0 saturated heterocycles. The zero-order valence-electron chi connectivity index (χ0n) is 11.8. The molecule has 1 N–H and O–H groups in total. The van der Waals surface area contributed by atoms with E-state index in [1.54, 1.807) is 37.3 Å². The highest BCUT2D eigenvalue weighted by atomic mass is 16.5. The molecule has 4 rings (SSSR count). The third kappa shape index (κ3) is 1.65. The molecule has 5 heteroatoms. The van der Waals surface area contributed by atoms with Crippen LogP contribution in [0.25, 0.3) is 21.9 Å². The fraction of sp³-hybridized carbons (Fsp3) is 0.176. The predicted molar refractivity (Wildman–Crippen MR) is 80.5 cm³/mol. The molecule has 1 aliphatic rings. The second-order valence-electron chi connectivity index (χ2n) is 5.45. The van der Waals surface area contributed by atoms with Crippen LogP contribution < -0.4 is 10.2 Å². The van der Waals surface area contributed by atoms with Crippen LogP contribution in [0.1, 0.15) is 11.1 Å². The zero-order valence-corrected chi connectivity index (χ0v) is 11.8. The van der Waals surface area contributed by atoms with Gasteiger partial charge in [0.05, 0.1) is 10.8 Å². The van der Waals surface area contributed by atoms with E-state index in [0.29, 0.717) is 33.3 Å². The van der Waals surface area contributed by atoms with E-state index in [2.05, 4.69) is 0 Å². The van der Waals surface area contributed by atoms with Gasteiger partial charge < -0.3 is 14.3 Å². The van der Waals surface area contributed by atoms with Crippen LogP contribution >= 0.6 is 0 Å². The minimum Gasteiger partial charge on any atom is -0.478 e. The molecular weight excluding hydrogens is 284 g/mol. The maximum absolute atomic E-state index is 12.6. The lowest BCUT2D eigenvalue weighted by Crippen LogP contribution is -2.24. The van der Waals surface area contributed by atoms with Gasteiger partial charge in [-0.05, 0) is 30.7 Å². The lowest BCUT2D eigenvalue weighted by atomic mass is 10.0. The number of aliphatic carboxylic acids is 1. The quantitative estimate of drug-likeness (QED) is 0.699. The van der Waals surface area contributed by atoms with Gasteiger partial charge >= 0.3 is 5.97 Å². The number of para-hydroxylation sites is 1. The minimum atomic E-state index is -1.02. The summed E-state index contributed by atoms with van der Waals surface area (Å²) in [4.78, 5) is 23.8. The summed E-state index contributed by atoms with van der Waals surface area (Å²) in [5.74, 6) is -0.509. The molecule has 110 valence electrons. The van der Waals surface area contributed by atoms with E-state index in [1.165, 1.54) is 0 Å². The summed E-state index contributed by atoms with van der Waals surface area (Å²) in [5.41, 5.74) is 2.21. The van der Waals surface area contributed by atoms with Crippen LogP contribution in [-0.2, 0) is 11.2 Å². The molecule has 0 amide bonds. The third-order valence-corrected chi connectivity index (χ3v) is 4.03. The predicted octanol–water partition coefficient (Wildman–Crippen LogP) is 2.64. The lowest BCUT2D eigenvalue weighted by molar-refractivity contribution is -0.144. The van der Waals surface area contributed by atoms with Gasteiger partial charge in [-0.3, -0.25) is 4.79 Å². The SMILES string of the molecule is Cc1cc2c(=O)c3ccccc3oc2c2c1OC(C(=O)O)C2. The van der Waals surface area contributed by atoms with E-state index in [9.17, 15) is 9.59 Å². The van der Waals surface area contributed by atoms with E-state index in [1.807, 2.05) is 0 Å². The summed E-state index contributed by atoms with van der Waals surface area (Å²) in [6, 6.07) is 8.74. The number of benzene rings is 2. The van der Waals surface area contributed by atoms with Crippen LogP contribution in [0, 0.1) is 6.92 Å². The average Bonchev–Trinajstić information content (AvgIpc) is 2.95. The highest BCUT2D eigenvalue weighted by molar-refractivity contribution is 5.93. The summed E-state index contributed by atoms with van der Waals surface area (Å²) in [6.45, 7) is 1.80. The second-order valence-corrected chi connectivity index (χ2v) is 5.45. The number of ether oxygens (including phenoxy) is 1. The van der Waals surface area contributed by atoms with E-state index < -0.39 is 12.1 Å². The van der Waals surface area contributed by atoms with Gasteiger partial charge in [0.25, 0.3) is 0 Å². The Balaban J connectivity index is 2.11. The van der Waals surface area contributed by atoms with Gasteiger partial charge in [-0.25, -0.2) is 4.79 Å². The number of hydrogen-bond donors (Lipinski definition) is 1. The maximum Gasteiger partial charge on any atom is 0.345 e. The highest BCUT2D eigenvalue weighted by Crippen LogP contribution is 2.38. The lowest BCUT2D eigenvalue weighted by Gasteiger charge is -2.08. The van der Waals surface area contributed by atoms with Crippen LogP contribution in [0.3, 0.4) is 0 Å². The Kier molecular flexibility index (Phi) is 2.54. The zero-order chi connectivity index (χ0) is 15.4. The van der Waals surface area contributed by atoms with Crippen molar-refractivity contribution in [2.45, 2.75) is 19.4 Å². The molecule has 5 nitrogen and oxygen atoms in total. The summed E-state index contributed by atoms with van der Waals surface area (Å²) in [7, 11) is 0. The molecule has 0 saturated carbocycles. The minimum absolute atomic E-state index is 0.110. The van der Waals surface area contributed by atoms with Crippen molar-refractivity contribution in [2.75, 3.05) is 0 Å². The van der Waals surface area contributed by atoms with E-state index >= 15 is 0 Å². The van der Waals surface area contributed by atoms with E-state index in [-0.39, 0.29) is 11.8 Å². The Bertz CT molecular complexity index is 999. The molecule has 1 aliphatic heterocycles. The molecule has 0 spiro atoms. The molecule has 2 heterocycles. The summed E-state index contributed by atoms with van der Waals surface area (Å²) in [5, 5.41) is 10.1. The Hall–Kier alpha value is -2.82.